The highest BCUT2D eigenvalue weighted by Crippen LogP contribution is 2.13. The average Bonchev–Trinajstić information content (AvgIpc) is 2.34. The zero-order valence-electron chi connectivity index (χ0n) is 7.17. The van der Waals surface area contributed by atoms with Crippen molar-refractivity contribution >= 4 is 0 Å². The van der Waals surface area contributed by atoms with E-state index in [4.69, 9.17) is 0 Å². The zero-order chi connectivity index (χ0) is 7.56. The van der Waals surface area contributed by atoms with Gasteiger partial charge in [0.15, 0.2) is 0 Å². The molecule has 0 aliphatic carbocycles. The molecule has 0 unspecified atom stereocenters. The Morgan fingerprint density at radius 2 is 2.20 bits per heavy atom. The van der Waals surface area contributed by atoms with Gasteiger partial charge in [-0.15, -0.1) is 0 Å². The van der Waals surface area contributed by atoms with Gasteiger partial charge in [-0.05, 0) is 27.4 Å². The molecular formula is C8H17N2. The molecule has 1 heterocycles. The van der Waals surface area contributed by atoms with Gasteiger partial charge in [0.1, 0.15) is 0 Å². The molecule has 1 aliphatic rings. The molecule has 0 aromatic rings. The van der Waals surface area contributed by atoms with Crippen molar-refractivity contribution in [1.29, 1.82) is 0 Å². The molecule has 1 atom stereocenters. The zero-order valence-corrected chi connectivity index (χ0v) is 7.17. The van der Waals surface area contributed by atoms with E-state index in [1.54, 1.807) is 0 Å². The van der Waals surface area contributed by atoms with E-state index in [1.165, 1.54) is 19.5 Å². The molecule has 0 aromatic heterocycles. The summed E-state index contributed by atoms with van der Waals surface area (Å²) in [5.74, 6) is 0. The molecule has 0 N–H and O–H groups in total. The quantitative estimate of drug-likeness (QED) is 0.561. The van der Waals surface area contributed by atoms with E-state index in [9.17, 15) is 0 Å². The third-order valence-electron chi connectivity index (χ3n) is 2.29. The molecule has 59 valence electrons. The first-order chi connectivity index (χ1) is 4.74. The van der Waals surface area contributed by atoms with E-state index in [-0.39, 0.29) is 0 Å². The average molecular weight is 141 g/mol. The molecule has 10 heavy (non-hydrogen) atoms. The predicted molar refractivity (Wildman–Crippen MR) is 43.6 cm³/mol. The van der Waals surface area contributed by atoms with Gasteiger partial charge >= 0.3 is 0 Å². The second-order valence-corrected chi connectivity index (χ2v) is 3.16. The fourth-order valence-corrected chi connectivity index (χ4v) is 1.42. The van der Waals surface area contributed by atoms with Gasteiger partial charge in [-0.3, -0.25) is 4.90 Å². The van der Waals surface area contributed by atoms with Crippen LogP contribution in [0, 0.1) is 6.54 Å². The SMILES string of the molecule is C[CH]N1CC[C@@H](N(C)C)C1. The standard InChI is InChI=1S/C8H17N2/c1-4-10-6-5-8(7-10)9(2)3/h4,8H,5-7H2,1-3H3/t8-/m1/s1. The second-order valence-electron chi connectivity index (χ2n) is 3.16. The first-order valence-corrected chi connectivity index (χ1v) is 3.94. The van der Waals surface area contributed by atoms with E-state index < -0.39 is 0 Å². The summed E-state index contributed by atoms with van der Waals surface area (Å²) >= 11 is 0. The largest absolute Gasteiger partial charge is 0.305 e. The molecule has 0 spiro atoms. The van der Waals surface area contributed by atoms with Gasteiger partial charge in [0, 0.05) is 25.7 Å². The van der Waals surface area contributed by atoms with Crippen LogP contribution in [0.4, 0.5) is 0 Å². The topological polar surface area (TPSA) is 6.48 Å². The summed E-state index contributed by atoms with van der Waals surface area (Å²) in [4.78, 5) is 4.69. The highest BCUT2D eigenvalue weighted by Gasteiger charge is 2.22. The fourth-order valence-electron chi connectivity index (χ4n) is 1.42. The normalized spacial score (nSPS) is 28.2. The van der Waals surface area contributed by atoms with E-state index in [1.807, 2.05) is 0 Å². The van der Waals surface area contributed by atoms with E-state index in [0.29, 0.717) is 0 Å². The van der Waals surface area contributed by atoms with Crippen LogP contribution in [0.2, 0.25) is 0 Å². The summed E-state index contributed by atoms with van der Waals surface area (Å²) in [6, 6.07) is 0.774. The molecule has 0 saturated carbocycles. The Kier molecular flexibility index (Phi) is 2.69. The number of nitrogens with zero attached hydrogens (tertiary/aromatic N) is 2. The summed E-state index contributed by atoms with van der Waals surface area (Å²) in [6.45, 7) is 6.74. The van der Waals surface area contributed by atoms with Crippen LogP contribution in [-0.4, -0.2) is 43.0 Å². The van der Waals surface area contributed by atoms with Gasteiger partial charge in [0.25, 0.3) is 0 Å². The minimum Gasteiger partial charge on any atom is -0.305 e. The minimum atomic E-state index is 0.774. The van der Waals surface area contributed by atoms with E-state index in [2.05, 4.69) is 37.4 Å². The van der Waals surface area contributed by atoms with Gasteiger partial charge in [-0.1, -0.05) is 0 Å². The van der Waals surface area contributed by atoms with Crippen molar-refractivity contribution in [3.05, 3.63) is 6.54 Å². The summed E-state index contributed by atoms with van der Waals surface area (Å²) in [5, 5.41) is 0. The van der Waals surface area contributed by atoms with Gasteiger partial charge in [0.05, 0.1) is 0 Å². The Morgan fingerprint density at radius 1 is 1.50 bits per heavy atom. The number of hydrogen-bond donors (Lipinski definition) is 0. The molecule has 2 nitrogen and oxygen atoms in total. The van der Waals surface area contributed by atoms with E-state index >= 15 is 0 Å². The predicted octanol–water partition coefficient (Wildman–Crippen LogP) is 0.804. The van der Waals surface area contributed by atoms with Gasteiger partial charge in [0.2, 0.25) is 0 Å². The first-order valence-electron chi connectivity index (χ1n) is 3.94. The van der Waals surface area contributed by atoms with Crippen LogP contribution in [0.3, 0.4) is 0 Å². The molecule has 1 aliphatic heterocycles. The Morgan fingerprint density at radius 3 is 2.50 bits per heavy atom. The Balaban J connectivity index is 2.28. The highest BCUT2D eigenvalue weighted by atomic mass is 15.2. The maximum atomic E-state index is 2.38. The molecular weight excluding hydrogens is 124 g/mol. The van der Waals surface area contributed by atoms with Gasteiger partial charge < -0.3 is 4.90 Å². The number of hydrogen-bond acceptors (Lipinski definition) is 2. The maximum Gasteiger partial charge on any atom is 0.0229 e. The Bertz CT molecular complexity index is 101. The van der Waals surface area contributed by atoms with Crippen molar-refractivity contribution in [2.45, 2.75) is 19.4 Å². The van der Waals surface area contributed by atoms with E-state index in [0.717, 1.165) is 6.04 Å². The van der Waals surface area contributed by atoms with Crippen LogP contribution in [0.5, 0.6) is 0 Å². The summed E-state index contributed by atoms with van der Waals surface area (Å²) in [6.07, 6.45) is 1.32. The third kappa shape index (κ3) is 1.70. The minimum absolute atomic E-state index is 0.774. The van der Waals surface area contributed by atoms with Crippen molar-refractivity contribution < 1.29 is 0 Å². The van der Waals surface area contributed by atoms with Crippen LogP contribution in [0.15, 0.2) is 0 Å². The molecule has 2 heteroatoms. The smallest absolute Gasteiger partial charge is 0.0229 e. The molecule has 0 amide bonds. The molecule has 1 rings (SSSR count). The lowest BCUT2D eigenvalue weighted by Crippen LogP contribution is -2.30. The number of likely N-dealkylation sites (N-methyl/N-ethyl adjacent to an activating group) is 1. The molecule has 1 radical (unpaired) electrons. The molecule has 1 fully saturated rings. The van der Waals surface area contributed by atoms with Crippen LogP contribution < -0.4 is 0 Å². The van der Waals surface area contributed by atoms with Crippen molar-refractivity contribution in [2.75, 3.05) is 27.2 Å². The van der Waals surface area contributed by atoms with Gasteiger partial charge in [-0.2, -0.15) is 0 Å². The van der Waals surface area contributed by atoms with Crippen LogP contribution in [0.1, 0.15) is 13.3 Å². The summed E-state index contributed by atoms with van der Waals surface area (Å²) in [5.41, 5.74) is 0. The van der Waals surface area contributed by atoms with Crippen LogP contribution in [0.25, 0.3) is 0 Å². The Labute approximate surface area is 63.8 Å². The Hall–Kier alpha value is -0.0800. The highest BCUT2D eigenvalue weighted by molar-refractivity contribution is 4.82. The fraction of sp³-hybridized carbons (Fsp3) is 0.875. The third-order valence-corrected chi connectivity index (χ3v) is 2.29. The van der Waals surface area contributed by atoms with Crippen molar-refractivity contribution in [1.82, 2.24) is 9.80 Å². The van der Waals surface area contributed by atoms with Crippen molar-refractivity contribution in [3.8, 4) is 0 Å². The number of rotatable bonds is 2. The van der Waals surface area contributed by atoms with Crippen molar-refractivity contribution in [2.24, 2.45) is 0 Å². The molecule has 1 saturated heterocycles. The lowest BCUT2D eigenvalue weighted by atomic mass is 10.2. The molecule has 0 bridgehead atoms. The lowest BCUT2D eigenvalue weighted by molar-refractivity contribution is 0.289. The van der Waals surface area contributed by atoms with Crippen molar-refractivity contribution in [3.63, 3.8) is 0 Å². The summed E-state index contributed by atoms with van der Waals surface area (Å²) < 4.78 is 0. The maximum absolute atomic E-state index is 2.38. The first kappa shape index (κ1) is 8.02. The summed E-state index contributed by atoms with van der Waals surface area (Å²) in [7, 11) is 4.31. The van der Waals surface area contributed by atoms with Crippen LogP contribution in [-0.2, 0) is 0 Å². The van der Waals surface area contributed by atoms with Crippen LogP contribution >= 0.6 is 0 Å². The number of likely N-dealkylation sites (tertiary alicyclic amines) is 1. The monoisotopic (exact) mass is 141 g/mol. The molecule has 0 aromatic carbocycles. The second kappa shape index (κ2) is 3.35. The van der Waals surface area contributed by atoms with Gasteiger partial charge in [-0.25, -0.2) is 0 Å². The lowest BCUT2D eigenvalue weighted by Gasteiger charge is -2.18.